The minimum Gasteiger partial charge on any atom is -0.267 e. The van der Waals surface area contributed by atoms with Crippen molar-refractivity contribution < 1.29 is 0 Å². The molecule has 0 spiro atoms. The molecule has 0 aromatic heterocycles. The van der Waals surface area contributed by atoms with E-state index in [1.807, 2.05) is 5.01 Å². The maximum atomic E-state index is 9.44. The Morgan fingerprint density at radius 2 is 2.21 bits per heavy atom. The lowest BCUT2D eigenvalue weighted by molar-refractivity contribution is 0.0722. The number of hydrogen-bond acceptors (Lipinski definition) is 3. The van der Waals surface area contributed by atoms with E-state index in [4.69, 9.17) is 5.84 Å². The molecular formula is C11H17N3. The first kappa shape index (κ1) is 8.70. The average molecular weight is 191 g/mol. The Kier molecular flexibility index (Phi) is 1.24. The number of nitrogens with two attached hydrogens (primary N) is 1. The predicted octanol–water partition coefficient (Wildman–Crippen LogP) is 1.26. The van der Waals surface area contributed by atoms with Gasteiger partial charge >= 0.3 is 0 Å². The van der Waals surface area contributed by atoms with Gasteiger partial charge in [0.05, 0.1) is 6.07 Å². The van der Waals surface area contributed by atoms with Crippen LogP contribution in [0.4, 0.5) is 0 Å². The van der Waals surface area contributed by atoms with Gasteiger partial charge in [0.25, 0.3) is 0 Å². The van der Waals surface area contributed by atoms with Crippen molar-refractivity contribution in [3.8, 4) is 6.07 Å². The molecule has 3 fully saturated rings. The molecule has 1 aliphatic heterocycles. The molecule has 2 saturated carbocycles. The van der Waals surface area contributed by atoms with Crippen LogP contribution in [0.5, 0.6) is 0 Å². The van der Waals surface area contributed by atoms with Crippen molar-refractivity contribution in [3.63, 3.8) is 0 Å². The molecule has 2 aliphatic carbocycles. The van der Waals surface area contributed by atoms with Crippen molar-refractivity contribution in [2.24, 2.45) is 22.6 Å². The first-order chi connectivity index (χ1) is 6.50. The van der Waals surface area contributed by atoms with E-state index in [1.54, 1.807) is 0 Å². The number of hydrogen-bond donors (Lipinski definition) is 1. The second-order valence-corrected chi connectivity index (χ2v) is 5.79. The van der Waals surface area contributed by atoms with E-state index in [1.165, 1.54) is 12.8 Å². The van der Waals surface area contributed by atoms with Gasteiger partial charge in [-0.25, -0.2) is 5.01 Å². The number of piperidine rings is 1. The van der Waals surface area contributed by atoms with Gasteiger partial charge < -0.3 is 0 Å². The molecule has 2 N–H and O–H groups in total. The van der Waals surface area contributed by atoms with Gasteiger partial charge in [0.15, 0.2) is 0 Å². The maximum absolute atomic E-state index is 9.44. The van der Waals surface area contributed by atoms with Gasteiger partial charge in [-0.05, 0) is 30.6 Å². The molecule has 3 nitrogen and oxygen atoms in total. The highest BCUT2D eigenvalue weighted by molar-refractivity contribution is 5.34. The van der Waals surface area contributed by atoms with E-state index in [9.17, 15) is 5.26 Å². The number of hydrazine groups is 1. The van der Waals surface area contributed by atoms with Crippen LogP contribution >= 0.6 is 0 Å². The summed E-state index contributed by atoms with van der Waals surface area (Å²) in [6.07, 6.45) is 3.46. The SMILES string of the molecule is C[C@@]12CC[C@@H]3C[C@]1(C#N)N(N)C[C@]32C. The molecule has 1 heterocycles. The molecule has 0 aromatic rings. The quantitative estimate of drug-likeness (QED) is 0.586. The minimum absolute atomic E-state index is 0.133. The van der Waals surface area contributed by atoms with Crippen molar-refractivity contribution >= 4 is 0 Å². The van der Waals surface area contributed by atoms with E-state index in [0.29, 0.717) is 0 Å². The van der Waals surface area contributed by atoms with Crippen LogP contribution in [-0.2, 0) is 0 Å². The predicted molar refractivity (Wildman–Crippen MR) is 52.8 cm³/mol. The summed E-state index contributed by atoms with van der Waals surface area (Å²) >= 11 is 0. The van der Waals surface area contributed by atoms with Crippen LogP contribution in [0.15, 0.2) is 0 Å². The molecule has 0 amide bonds. The summed E-state index contributed by atoms with van der Waals surface area (Å²) in [5.74, 6) is 6.76. The third kappa shape index (κ3) is 0.528. The van der Waals surface area contributed by atoms with Gasteiger partial charge in [0.2, 0.25) is 0 Å². The number of nitrogens with zero attached hydrogens (tertiary/aromatic N) is 2. The lowest BCUT2D eigenvalue weighted by atomic mass is 9.66. The van der Waals surface area contributed by atoms with Crippen molar-refractivity contribution in [2.45, 2.75) is 38.6 Å². The van der Waals surface area contributed by atoms with Gasteiger partial charge in [-0.15, -0.1) is 0 Å². The highest BCUT2D eigenvalue weighted by Gasteiger charge is 2.77. The summed E-state index contributed by atoms with van der Waals surface area (Å²) < 4.78 is 0. The zero-order valence-electron chi connectivity index (χ0n) is 8.88. The summed E-state index contributed by atoms with van der Waals surface area (Å²) in [7, 11) is 0. The number of rotatable bonds is 0. The average Bonchev–Trinajstić information content (AvgIpc) is 2.56. The van der Waals surface area contributed by atoms with Crippen molar-refractivity contribution in [3.05, 3.63) is 0 Å². The lowest BCUT2D eigenvalue weighted by Crippen LogP contribution is -2.55. The third-order valence-electron chi connectivity index (χ3n) is 5.78. The van der Waals surface area contributed by atoms with Crippen LogP contribution in [0.3, 0.4) is 0 Å². The summed E-state index contributed by atoms with van der Waals surface area (Å²) in [4.78, 5) is 0. The van der Waals surface area contributed by atoms with Crippen molar-refractivity contribution in [1.82, 2.24) is 5.01 Å². The topological polar surface area (TPSA) is 53.0 Å². The molecule has 0 unspecified atom stereocenters. The summed E-state index contributed by atoms with van der Waals surface area (Å²) in [6.45, 7) is 5.51. The van der Waals surface area contributed by atoms with Gasteiger partial charge in [-0.3, -0.25) is 5.84 Å². The summed E-state index contributed by atoms with van der Waals surface area (Å²) in [6, 6.07) is 2.52. The lowest BCUT2D eigenvalue weighted by Gasteiger charge is -2.40. The highest BCUT2D eigenvalue weighted by atomic mass is 15.5. The molecule has 14 heavy (non-hydrogen) atoms. The van der Waals surface area contributed by atoms with E-state index in [-0.39, 0.29) is 16.4 Å². The molecule has 4 bridgehead atoms. The molecule has 1 saturated heterocycles. The Bertz CT molecular complexity index is 347. The van der Waals surface area contributed by atoms with E-state index < -0.39 is 0 Å². The molecular weight excluding hydrogens is 174 g/mol. The monoisotopic (exact) mass is 191 g/mol. The second kappa shape index (κ2) is 2.00. The summed E-state index contributed by atoms with van der Waals surface area (Å²) in [5.41, 5.74) is 0.0658. The zero-order valence-corrected chi connectivity index (χ0v) is 8.88. The zero-order chi connectivity index (χ0) is 10.2. The molecule has 4 atom stereocenters. The molecule has 3 rings (SSSR count). The maximum Gasteiger partial charge on any atom is 0.127 e. The minimum atomic E-state index is -0.356. The fourth-order valence-corrected chi connectivity index (χ4v) is 4.57. The van der Waals surface area contributed by atoms with Gasteiger partial charge in [-0.1, -0.05) is 13.8 Å². The molecule has 3 heteroatoms. The smallest absolute Gasteiger partial charge is 0.127 e. The van der Waals surface area contributed by atoms with Crippen molar-refractivity contribution in [1.29, 1.82) is 5.26 Å². The highest BCUT2D eigenvalue weighted by Crippen LogP contribution is 2.74. The largest absolute Gasteiger partial charge is 0.267 e. The Labute approximate surface area is 84.8 Å². The third-order valence-corrected chi connectivity index (χ3v) is 5.78. The van der Waals surface area contributed by atoms with Gasteiger partial charge in [-0.2, -0.15) is 5.26 Å². The van der Waals surface area contributed by atoms with Crippen LogP contribution in [-0.4, -0.2) is 17.1 Å². The molecule has 3 aliphatic rings. The fourth-order valence-electron chi connectivity index (χ4n) is 4.57. The van der Waals surface area contributed by atoms with Crippen LogP contribution in [0.1, 0.15) is 33.1 Å². The van der Waals surface area contributed by atoms with Crippen LogP contribution in [0.25, 0.3) is 0 Å². The van der Waals surface area contributed by atoms with Crippen LogP contribution < -0.4 is 5.84 Å². The summed E-state index contributed by atoms with van der Waals surface area (Å²) in [5, 5.41) is 11.3. The first-order valence-electron chi connectivity index (χ1n) is 5.44. The Morgan fingerprint density at radius 3 is 2.71 bits per heavy atom. The first-order valence-corrected chi connectivity index (χ1v) is 5.44. The number of nitriles is 1. The Hall–Kier alpha value is -0.590. The van der Waals surface area contributed by atoms with Crippen LogP contribution in [0, 0.1) is 28.1 Å². The Morgan fingerprint density at radius 1 is 1.50 bits per heavy atom. The van der Waals surface area contributed by atoms with Crippen LogP contribution in [0.2, 0.25) is 0 Å². The molecule has 0 radical (unpaired) electrons. The fraction of sp³-hybridized carbons (Fsp3) is 0.909. The molecule has 0 aromatic carbocycles. The van der Waals surface area contributed by atoms with E-state index >= 15 is 0 Å². The van der Waals surface area contributed by atoms with Gasteiger partial charge in [0.1, 0.15) is 5.54 Å². The van der Waals surface area contributed by atoms with Gasteiger partial charge in [0, 0.05) is 12.0 Å². The van der Waals surface area contributed by atoms with E-state index in [2.05, 4.69) is 19.9 Å². The normalized spacial score (nSPS) is 60.6. The second-order valence-electron chi connectivity index (χ2n) is 5.79. The van der Waals surface area contributed by atoms with Crippen molar-refractivity contribution in [2.75, 3.05) is 6.54 Å². The standard InChI is InChI=1S/C11H17N3/c1-9-7-14(13)11(6-12)5-8(9)3-4-10(9,11)2/h8H,3-5,7,13H2,1-2H3/t8-,9-,10+,11-/m1/s1. The molecule has 76 valence electrons. The Balaban J connectivity index is 2.23. The van der Waals surface area contributed by atoms with E-state index in [0.717, 1.165) is 18.9 Å².